The summed E-state index contributed by atoms with van der Waals surface area (Å²) in [7, 11) is 0. The first-order valence-electron chi connectivity index (χ1n) is 5.84. The summed E-state index contributed by atoms with van der Waals surface area (Å²) in [5.74, 6) is -0.410. The quantitative estimate of drug-likeness (QED) is 0.589. The zero-order chi connectivity index (χ0) is 14.2. The fraction of sp³-hybridized carbons (Fsp3) is 0.667. The first kappa shape index (κ1) is 16.6. The first-order chi connectivity index (χ1) is 8.28. The molecule has 0 aromatic rings. The van der Waals surface area contributed by atoms with Gasteiger partial charge in [0.15, 0.2) is 0 Å². The summed E-state index contributed by atoms with van der Waals surface area (Å²) in [5.41, 5.74) is -0.393. The maximum atomic E-state index is 11.6. The average Bonchev–Trinajstić information content (AvgIpc) is 2.14. The molecule has 0 radical (unpaired) electrons. The summed E-state index contributed by atoms with van der Waals surface area (Å²) in [6, 6.07) is -0.518. The Hall–Kier alpha value is -1.40. The molecule has 3 N–H and O–H groups in total. The number of nitrogens with one attached hydrogen (secondary N) is 2. The second-order valence-corrected chi connectivity index (χ2v) is 5.00. The summed E-state index contributed by atoms with van der Waals surface area (Å²) >= 11 is 0. The van der Waals surface area contributed by atoms with Crippen molar-refractivity contribution in [3.8, 4) is 0 Å². The molecule has 18 heavy (non-hydrogen) atoms. The first-order valence-corrected chi connectivity index (χ1v) is 5.84. The Labute approximate surface area is 108 Å². The van der Waals surface area contributed by atoms with E-state index in [0.717, 1.165) is 0 Å². The van der Waals surface area contributed by atoms with E-state index in [0.29, 0.717) is 13.1 Å². The molecule has 0 aromatic carbocycles. The van der Waals surface area contributed by atoms with Crippen LogP contribution in [-0.2, 0) is 4.79 Å². The van der Waals surface area contributed by atoms with E-state index in [1.165, 1.54) is 0 Å². The molecule has 0 saturated carbocycles. The van der Waals surface area contributed by atoms with Gasteiger partial charge in [-0.1, -0.05) is 6.08 Å². The molecule has 0 saturated heterocycles. The summed E-state index contributed by atoms with van der Waals surface area (Å²) in [4.78, 5) is 24.7. The van der Waals surface area contributed by atoms with Crippen LogP contribution in [0.1, 0.15) is 20.8 Å². The number of imide groups is 1. The van der Waals surface area contributed by atoms with Gasteiger partial charge in [-0.2, -0.15) is 0 Å². The van der Waals surface area contributed by atoms with Crippen molar-refractivity contribution in [2.45, 2.75) is 26.3 Å². The maximum Gasteiger partial charge on any atom is 0.321 e. The van der Waals surface area contributed by atoms with Crippen LogP contribution in [0.25, 0.3) is 0 Å². The third-order valence-corrected chi connectivity index (χ3v) is 1.91. The summed E-state index contributed by atoms with van der Waals surface area (Å²) in [5, 5.41) is 13.7. The van der Waals surface area contributed by atoms with Crippen LogP contribution in [-0.4, -0.2) is 53.7 Å². The fourth-order valence-corrected chi connectivity index (χ4v) is 1.30. The van der Waals surface area contributed by atoms with E-state index in [4.69, 9.17) is 5.11 Å². The smallest absolute Gasteiger partial charge is 0.321 e. The molecule has 0 bridgehead atoms. The number of nitrogens with zero attached hydrogens (tertiary/aromatic N) is 1. The van der Waals surface area contributed by atoms with Crippen LogP contribution in [0, 0.1) is 0 Å². The molecule has 0 heterocycles. The maximum absolute atomic E-state index is 11.6. The van der Waals surface area contributed by atoms with Gasteiger partial charge in [0, 0.05) is 18.6 Å². The number of hydrogen-bond acceptors (Lipinski definition) is 4. The molecule has 0 aromatic heterocycles. The molecule has 3 amide bonds. The van der Waals surface area contributed by atoms with Crippen molar-refractivity contribution in [1.29, 1.82) is 0 Å². The minimum absolute atomic E-state index is 0.0458. The summed E-state index contributed by atoms with van der Waals surface area (Å²) < 4.78 is 0. The Morgan fingerprint density at radius 1 is 1.39 bits per heavy atom. The van der Waals surface area contributed by atoms with E-state index in [2.05, 4.69) is 17.2 Å². The van der Waals surface area contributed by atoms with Gasteiger partial charge in [0.05, 0.1) is 13.2 Å². The van der Waals surface area contributed by atoms with Crippen molar-refractivity contribution in [3.63, 3.8) is 0 Å². The third-order valence-electron chi connectivity index (χ3n) is 1.91. The Kier molecular flexibility index (Phi) is 7.23. The fourth-order valence-electron chi connectivity index (χ4n) is 1.30. The average molecular weight is 257 g/mol. The van der Waals surface area contributed by atoms with E-state index < -0.39 is 17.5 Å². The van der Waals surface area contributed by atoms with Gasteiger partial charge in [-0.25, -0.2) is 4.79 Å². The molecule has 0 aliphatic rings. The number of rotatable bonds is 6. The van der Waals surface area contributed by atoms with Crippen molar-refractivity contribution in [2.24, 2.45) is 0 Å². The highest BCUT2D eigenvalue weighted by Gasteiger charge is 2.16. The topological polar surface area (TPSA) is 81.7 Å². The molecule has 0 aliphatic carbocycles. The second-order valence-electron chi connectivity index (χ2n) is 5.00. The lowest BCUT2D eigenvalue weighted by Crippen LogP contribution is -2.50. The van der Waals surface area contributed by atoms with E-state index in [1.54, 1.807) is 11.0 Å². The lowest BCUT2D eigenvalue weighted by atomic mass is 10.1. The van der Waals surface area contributed by atoms with E-state index in [-0.39, 0.29) is 13.2 Å². The highest BCUT2D eigenvalue weighted by molar-refractivity contribution is 5.95. The van der Waals surface area contributed by atoms with Gasteiger partial charge in [0.1, 0.15) is 0 Å². The molecular weight excluding hydrogens is 234 g/mol. The van der Waals surface area contributed by atoms with E-state index >= 15 is 0 Å². The van der Waals surface area contributed by atoms with Crippen LogP contribution >= 0.6 is 0 Å². The number of urea groups is 1. The van der Waals surface area contributed by atoms with Gasteiger partial charge in [-0.3, -0.25) is 15.0 Å². The Bertz CT molecular complexity index is 297. The molecule has 104 valence electrons. The summed E-state index contributed by atoms with van der Waals surface area (Å²) in [6.07, 6.45) is 1.64. The van der Waals surface area contributed by atoms with Crippen LogP contribution < -0.4 is 10.6 Å². The van der Waals surface area contributed by atoms with Gasteiger partial charge in [0.25, 0.3) is 0 Å². The Morgan fingerprint density at radius 3 is 2.44 bits per heavy atom. The van der Waals surface area contributed by atoms with Crippen LogP contribution in [0.4, 0.5) is 4.79 Å². The normalized spacial score (nSPS) is 11.2. The van der Waals surface area contributed by atoms with Crippen molar-refractivity contribution in [2.75, 3.05) is 26.2 Å². The number of aliphatic hydroxyl groups is 1. The Balaban J connectivity index is 4.15. The molecule has 0 unspecified atom stereocenters. The van der Waals surface area contributed by atoms with Gasteiger partial charge in [0.2, 0.25) is 5.91 Å². The molecule has 0 fully saturated rings. The van der Waals surface area contributed by atoms with Crippen LogP contribution in [0.2, 0.25) is 0 Å². The van der Waals surface area contributed by atoms with E-state index in [9.17, 15) is 9.59 Å². The second kappa shape index (κ2) is 7.84. The van der Waals surface area contributed by atoms with Crippen LogP contribution in [0.3, 0.4) is 0 Å². The number of carbonyl (C=O) groups excluding carboxylic acids is 2. The van der Waals surface area contributed by atoms with E-state index in [1.807, 2.05) is 20.8 Å². The lowest BCUT2D eigenvalue weighted by Gasteiger charge is -2.22. The number of hydrogen-bond donors (Lipinski definition) is 3. The summed E-state index contributed by atoms with van der Waals surface area (Å²) in [6.45, 7) is 9.89. The molecule has 0 aliphatic heterocycles. The monoisotopic (exact) mass is 257 g/mol. The van der Waals surface area contributed by atoms with Gasteiger partial charge in [-0.05, 0) is 20.8 Å². The zero-order valence-corrected chi connectivity index (χ0v) is 11.3. The number of carbonyl (C=O) groups is 2. The molecule has 6 nitrogen and oxygen atoms in total. The SMILES string of the molecule is C=CCN(CCO)CC(=O)NC(=O)NC(C)(C)C. The number of amides is 3. The van der Waals surface area contributed by atoms with Gasteiger partial charge >= 0.3 is 6.03 Å². The largest absolute Gasteiger partial charge is 0.395 e. The molecule has 0 atom stereocenters. The van der Waals surface area contributed by atoms with Crippen LogP contribution in [0.5, 0.6) is 0 Å². The van der Waals surface area contributed by atoms with Crippen LogP contribution in [0.15, 0.2) is 12.7 Å². The number of aliphatic hydroxyl groups excluding tert-OH is 1. The van der Waals surface area contributed by atoms with Crippen molar-refractivity contribution in [1.82, 2.24) is 15.5 Å². The minimum Gasteiger partial charge on any atom is -0.395 e. The molecule has 0 rings (SSSR count). The highest BCUT2D eigenvalue weighted by atomic mass is 16.3. The predicted molar refractivity (Wildman–Crippen MR) is 70.2 cm³/mol. The zero-order valence-electron chi connectivity index (χ0n) is 11.3. The standard InChI is InChI=1S/C12H23N3O3/c1-5-6-15(7-8-16)9-10(17)13-11(18)14-12(2,3)4/h5,16H,1,6-9H2,2-4H3,(H2,13,14,17,18). The lowest BCUT2D eigenvalue weighted by molar-refractivity contribution is -0.121. The predicted octanol–water partition coefficient (Wildman–Crippen LogP) is 0.0910. The van der Waals surface area contributed by atoms with Crippen molar-refractivity contribution in [3.05, 3.63) is 12.7 Å². The minimum atomic E-state index is -0.518. The molecule has 0 spiro atoms. The van der Waals surface area contributed by atoms with Gasteiger partial charge in [-0.15, -0.1) is 6.58 Å². The third kappa shape index (κ3) is 8.72. The molecule has 6 heteroatoms. The Morgan fingerprint density at radius 2 is 2.00 bits per heavy atom. The molecular formula is C12H23N3O3. The van der Waals surface area contributed by atoms with Crippen molar-refractivity contribution < 1.29 is 14.7 Å². The highest BCUT2D eigenvalue weighted by Crippen LogP contribution is 1.97. The van der Waals surface area contributed by atoms with Crippen molar-refractivity contribution >= 4 is 11.9 Å². The van der Waals surface area contributed by atoms with Gasteiger partial charge < -0.3 is 10.4 Å².